The molecule has 0 saturated heterocycles. The molecular formula is C23H22O4. The van der Waals surface area contributed by atoms with Crippen molar-refractivity contribution in [3.63, 3.8) is 0 Å². The number of rotatable bonds is 7. The van der Waals surface area contributed by atoms with E-state index in [0.717, 1.165) is 22.3 Å². The van der Waals surface area contributed by atoms with Gasteiger partial charge in [0.25, 0.3) is 0 Å². The number of benzene rings is 3. The van der Waals surface area contributed by atoms with Crippen molar-refractivity contribution in [3.05, 3.63) is 89.5 Å². The number of aliphatic hydroxyl groups is 1. The fourth-order valence-electron chi connectivity index (χ4n) is 2.82. The zero-order valence-electron chi connectivity index (χ0n) is 15.2. The summed E-state index contributed by atoms with van der Waals surface area (Å²) in [6, 6.07) is 22.8. The highest BCUT2D eigenvalue weighted by atomic mass is 16.5. The van der Waals surface area contributed by atoms with Crippen LogP contribution in [0.3, 0.4) is 0 Å². The van der Waals surface area contributed by atoms with Crippen LogP contribution < -0.4 is 4.74 Å². The number of hydrogen-bond acceptors (Lipinski definition) is 4. The van der Waals surface area contributed by atoms with Crippen molar-refractivity contribution in [2.24, 2.45) is 0 Å². The van der Waals surface area contributed by atoms with Crippen LogP contribution in [0.1, 0.15) is 21.5 Å². The summed E-state index contributed by atoms with van der Waals surface area (Å²) in [7, 11) is 0. The molecule has 0 aromatic heterocycles. The van der Waals surface area contributed by atoms with Crippen molar-refractivity contribution in [2.75, 3.05) is 13.2 Å². The maximum absolute atomic E-state index is 12.3. The number of aryl methyl sites for hydroxylation is 1. The molecule has 4 nitrogen and oxygen atoms in total. The Morgan fingerprint density at radius 1 is 0.963 bits per heavy atom. The van der Waals surface area contributed by atoms with Gasteiger partial charge < -0.3 is 14.6 Å². The van der Waals surface area contributed by atoms with Crippen molar-refractivity contribution in [2.45, 2.75) is 13.5 Å². The van der Waals surface area contributed by atoms with E-state index in [2.05, 4.69) is 0 Å². The first-order valence-electron chi connectivity index (χ1n) is 8.83. The van der Waals surface area contributed by atoms with Crippen molar-refractivity contribution >= 4 is 5.97 Å². The lowest BCUT2D eigenvalue weighted by molar-refractivity contribution is 0.0472. The molecule has 0 saturated carbocycles. The number of ether oxygens (including phenoxy) is 2. The first-order valence-corrected chi connectivity index (χ1v) is 8.83. The molecule has 3 rings (SSSR count). The van der Waals surface area contributed by atoms with E-state index in [9.17, 15) is 4.79 Å². The highest BCUT2D eigenvalue weighted by Gasteiger charge is 2.10. The summed E-state index contributed by atoms with van der Waals surface area (Å²) < 4.78 is 10.8. The molecule has 0 heterocycles. The van der Waals surface area contributed by atoms with E-state index in [1.807, 2.05) is 73.7 Å². The number of esters is 1. The number of carbonyl (C=O) groups is 1. The van der Waals surface area contributed by atoms with E-state index in [1.165, 1.54) is 0 Å². The number of aliphatic hydroxyl groups excluding tert-OH is 1. The number of hydrogen-bond donors (Lipinski definition) is 1. The highest BCUT2D eigenvalue weighted by Crippen LogP contribution is 2.26. The molecule has 0 bridgehead atoms. The van der Waals surface area contributed by atoms with Gasteiger partial charge >= 0.3 is 5.97 Å². The van der Waals surface area contributed by atoms with Crippen LogP contribution >= 0.6 is 0 Å². The lowest BCUT2D eigenvalue weighted by Crippen LogP contribution is -2.05. The molecule has 3 aromatic rings. The zero-order valence-corrected chi connectivity index (χ0v) is 15.2. The summed E-state index contributed by atoms with van der Waals surface area (Å²) in [5.41, 5.74) is 4.57. The van der Waals surface area contributed by atoms with Gasteiger partial charge in [-0.1, -0.05) is 48.5 Å². The molecule has 0 aliphatic carbocycles. The summed E-state index contributed by atoms with van der Waals surface area (Å²) in [6.07, 6.45) is 0. The summed E-state index contributed by atoms with van der Waals surface area (Å²) in [4.78, 5) is 12.3. The zero-order chi connectivity index (χ0) is 19.1. The van der Waals surface area contributed by atoms with Crippen LogP contribution in [0.5, 0.6) is 5.75 Å². The van der Waals surface area contributed by atoms with Crippen molar-refractivity contribution in [1.29, 1.82) is 0 Å². The van der Waals surface area contributed by atoms with Gasteiger partial charge in [-0.15, -0.1) is 0 Å². The Labute approximate surface area is 159 Å². The van der Waals surface area contributed by atoms with Crippen LogP contribution in [0.2, 0.25) is 0 Å². The van der Waals surface area contributed by atoms with Crippen molar-refractivity contribution in [3.8, 4) is 16.9 Å². The standard InChI is InChI=1S/C23H22O4/c1-17-15-20(23(25)27-16-18-5-3-2-4-6-18)9-12-22(17)19-7-10-21(11-8-19)26-14-13-24/h2-12,15,24H,13-14,16H2,1H3. The third-order valence-electron chi connectivity index (χ3n) is 4.20. The van der Waals surface area contributed by atoms with Crippen molar-refractivity contribution in [1.82, 2.24) is 0 Å². The Kier molecular flexibility index (Phi) is 6.23. The quantitative estimate of drug-likeness (QED) is 0.633. The van der Waals surface area contributed by atoms with E-state index in [-0.39, 0.29) is 25.8 Å². The molecule has 4 heteroatoms. The molecule has 0 aliphatic rings. The first-order chi connectivity index (χ1) is 13.2. The Hall–Kier alpha value is -3.11. The predicted octanol–water partition coefficient (Wildman–Crippen LogP) is 4.39. The van der Waals surface area contributed by atoms with E-state index < -0.39 is 0 Å². The van der Waals surface area contributed by atoms with Crippen LogP contribution in [0.4, 0.5) is 0 Å². The summed E-state index contributed by atoms with van der Waals surface area (Å²) in [5, 5.41) is 8.81. The maximum Gasteiger partial charge on any atom is 0.338 e. The minimum absolute atomic E-state index is 0.0112. The van der Waals surface area contributed by atoms with Gasteiger partial charge in [-0.05, 0) is 53.4 Å². The molecule has 27 heavy (non-hydrogen) atoms. The van der Waals surface area contributed by atoms with Gasteiger partial charge in [-0.25, -0.2) is 4.79 Å². The summed E-state index contributed by atoms with van der Waals surface area (Å²) in [5.74, 6) is 0.382. The smallest absolute Gasteiger partial charge is 0.338 e. The number of carbonyl (C=O) groups excluding carboxylic acids is 1. The van der Waals surface area contributed by atoms with Crippen LogP contribution in [0, 0.1) is 6.92 Å². The molecule has 0 atom stereocenters. The van der Waals surface area contributed by atoms with E-state index in [4.69, 9.17) is 14.6 Å². The van der Waals surface area contributed by atoms with E-state index >= 15 is 0 Å². The monoisotopic (exact) mass is 362 g/mol. The lowest BCUT2D eigenvalue weighted by Gasteiger charge is -2.10. The average Bonchev–Trinajstić information content (AvgIpc) is 2.71. The second kappa shape index (κ2) is 9.01. The van der Waals surface area contributed by atoms with E-state index in [0.29, 0.717) is 11.3 Å². The predicted molar refractivity (Wildman–Crippen MR) is 105 cm³/mol. The van der Waals surface area contributed by atoms with Gasteiger partial charge in [0, 0.05) is 0 Å². The van der Waals surface area contributed by atoms with Gasteiger partial charge in [-0.3, -0.25) is 0 Å². The second-order valence-corrected chi connectivity index (χ2v) is 6.19. The summed E-state index contributed by atoms with van der Waals surface area (Å²) >= 11 is 0. The normalized spacial score (nSPS) is 10.4. The molecule has 0 aliphatic heterocycles. The lowest BCUT2D eigenvalue weighted by atomic mass is 9.98. The molecule has 1 N–H and O–H groups in total. The minimum Gasteiger partial charge on any atom is -0.491 e. The van der Waals surface area contributed by atoms with Gasteiger partial charge in [0.1, 0.15) is 19.0 Å². The Morgan fingerprint density at radius 2 is 1.70 bits per heavy atom. The molecule has 0 spiro atoms. The molecule has 0 amide bonds. The maximum atomic E-state index is 12.3. The third kappa shape index (κ3) is 4.96. The van der Waals surface area contributed by atoms with Crippen LogP contribution in [0.15, 0.2) is 72.8 Å². The highest BCUT2D eigenvalue weighted by molar-refractivity contribution is 5.90. The van der Waals surface area contributed by atoms with E-state index in [1.54, 1.807) is 6.07 Å². The SMILES string of the molecule is Cc1cc(C(=O)OCc2ccccc2)ccc1-c1ccc(OCCO)cc1. The molecule has 0 unspecified atom stereocenters. The molecular weight excluding hydrogens is 340 g/mol. The third-order valence-corrected chi connectivity index (χ3v) is 4.20. The minimum atomic E-state index is -0.332. The average molecular weight is 362 g/mol. The fraction of sp³-hybridized carbons (Fsp3) is 0.174. The van der Waals surface area contributed by atoms with Crippen molar-refractivity contribution < 1.29 is 19.4 Å². The van der Waals surface area contributed by atoms with Gasteiger partial charge in [0.15, 0.2) is 0 Å². The Balaban J connectivity index is 1.68. The molecule has 0 radical (unpaired) electrons. The molecule has 3 aromatic carbocycles. The topological polar surface area (TPSA) is 55.8 Å². The van der Waals surface area contributed by atoms with Gasteiger partial charge in [0.05, 0.1) is 12.2 Å². The Bertz CT molecular complexity index is 886. The summed E-state index contributed by atoms with van der Waals surface area (Å²) in [6.45, 7) is 2.50. The van der Waals surface area contributed by atoms with Crippen LogP contribution in [-0.4, -0.2) is 24.3 Å². The first kappa shape index (κ1) is 18.7. The fourth-order valence-corrected chi connectivity index (χ4v) is 2.82. The van der Waals surface area contributed by atoms with Crippen LogP contribution in [-0.2, 0) is 11.3 Å². The second-order valence-electron chi connectivity index (χ2n) is 6.19. The largest absolute Gasteiger partial charge is 0.491 e. The molecule has 138 valence electrons. The van der Waals surface area contributed by atoms with Crippen LogP contribution in [0.25, 0.3) is 11.1 Å². The molecule has 0 fully saturated rings. The van der Waals surface area contributed by atoms with Gasteiger partial charge in [-0.2, -0.15) is 0 Å². The Morgan fingerprint density at radius 3 is 2.37 bits per heavy atom. The van der Waals surface area contributed by atoms with Gasteiger partial charge in [0.2, 0.25) is 0 Å².